The number of hydrogen-bond donors (Lipinski definition) is 0. The first-order valence-electron chi connectivity index (χ1n) is 3.70. The fraction of sp³-hybridized carbons (Fsp3) is 0.500. The molecule has 0 radical (unpaired) electrons. The number of rotatable bonds is 2. The van der Waals surface area contributed by atoms with Crippen LogP contribution in [0.1, 0.15) is 31.4 Å². The fourth-order valence-electron chi connectivity index (χ4n) is 0.887. The molecule has 0 amide bonds. The highest BCUT2D eigenvalue weighted by molar-refractivity contribution is 5.66. The lowest BCUT2D eigenvalue weighted by atomic mass is 10.3. The van der Waals surface area contributed by atoms with Crippen molar-refractivity contribution in [2.24, 2.45) is 0 Å². The summed E-state index contributed by atoms with van der Waals surface area (Å²) < 4.78 is 9.71. The molecule has 0 aliphatic rings. The number of aryl methyl sites for hydroxylation is 1. The molecule has 1 unspecified atom stereocenters. The van der Waals surface area contributed by atoms with Gasteiger partial charge in [-0.15, -0.1) is 0 Å². The Kier molecular flexibility index (Phi) is 2.47. The van der Waals surface area contributed by atoms with Crippen molar-refractivity contribution in [1.29, 1.82) is 0 Å². The Balaban J connectivity index is 2.64. The van der Waals surface area contributed by atoms with Gasteiger partial charge in [0.15, 0.2) is 0 Å². The highest BCUT2D eigenvalue weighted by Gasteiger charge is 2.12. The normalized spacial score (nSPS) is 12.6. The standard InChI is InChI=1S/C8H11NO3/c1-5-4-8(9-12-5)6(2)11-7(3)10/h4,6H,1-3H3. The van der Waals surface area contributed by atoms with Gasteiger partial charge in [0.1, 0.15) is 17.6 Å². The molecule has 0 saturated carbocycles. The van der Waals surface area contributed by atoms with Crippen LogP contribution in [0.15, 0.2) is 10.6 Å². The van der Waals surface area contributed by atoms with Crippen molar-refractivity contribution in [2.75, 3.05) is 0 Å². The third-order valence-electron chi connectivity index (χ3n) is 1.41. The number of carbonyl (C=O) groups excluding carboxylic acids is 1. The van der Waals surface area contributed by atoms with E-state index in [9.17, 15) is 4.79 Å². The van der Waals surface area contributed by atoms with E-state index >= 15 is 0 Å². The molecule has 4 heteroatoms. The van der Waals surface area contributed by atoms with Crippen molar-refractivity contribution < 1.29 is 14.1 Å². The second kappa shape index (κ2) is 3.38. The Morgan fingerprint density at radius 3 is 2.83 bits per heavy atom. The first kappa shape index (κ1) is 8.77. The van der Waals surface area contributed by atoms with Crippen LogP contribution in [0.2, 0.25) is 0 Å². The van der Waals surface area contributed by atoms with Gasteiger partial charge in [-0.2, -0.15) is 0 Å². The summed E-state index contributed by atoms with van der Waals surface area (Å²) in [5, 5.41) is 3.72. The van der Waals surface area contributed by atoms with Crippen molar-refractivity contribution in [1.82, 2.24) is 5.16 Å². The summed E-state index contributed by atoms with van der Waals surface area (Å²) in [5.41, 5.74) is 0.641. The van der Waals surface area contributed by atoms with Gasteiger partial charge >= 0.3 is 5.97 Å². The van der Waals surface area contributed by atoms with Crippen LogP contribution >= 0.6 is 0 Å². The number of hydrogen-bond acceptors (Lipinski definition) is 4. The van der Waals surface area contributed by atoms with Gasteiger partial charge in [-0.25, -0.2) is 0 Å². The molecule has 0 aromatic carbocycles. The smallest absolute Gasteiger partial charge is 0.303 e. The van der Waals surface area contributed by atoms with Crippen LogP contribution in [0.25, 0.3) is 0 Å². The molecule has 1 atom stereocenters. The third kappa shape index (κ3) is 2.08. The molecule has 1 heterocycles. The van der Waals surface area contributed by atoms with E-state index in [0.717, 1.165) is 0 Å². The average Bonchev–Trinajstić information content (AvgIpc) is 2.34. The van der Waals surface area contributed by atoms with E-state index in [1.165, 1.54) is 6.92 Å². The van der Waals surface area contributed by atoms with Crippen LogP contribution in [0.4, 0.5) is 0 Å². The zero-order valence-corrected chi connectivity index (χ0v) is 7.33. The molecule has 66 valence electrons. The Hall–Kier alpha value is -1.32. The van der Waals surface area contributed by atoms with E-state index in [4.69, 9.17) is 9.26 Å². The molecule has 4 nitrogen and oxygen atoms in total. The first-order valence-corrected chi connectivity index (χ1v) is 3.70. The van der Waals surface area contributed by atoms with Gasteiger partial charge in [-0.3, -0.25) is 4.79 Å². The quantitative estimate of drug-likeness (QED) is 0.631. The van der Waals surface area contributed by atoms with Crippen LogP contribution in [0.3, 0.4) is 0 Å². The molecule has 0 aliphatic carbocycles. The van der Waals surface area contributed by atoms with E-state index in [-0.39, 0.29) is 12.1 Å². The second-order valence-corrected chi connectivity index (χ2v) is 2.61. The van der Waals surface area contributed by atoms with Crippen LogP contribution < -0.4 is 0 Å². The molecule has 0 N–H and O–H groups in total. The number of carbonyl (C=O) groups is 1. The number of nitrogens with zero attached hydrogens (tertiary/aromatic N) is 1. The lowest BCUT2D eigenvalue weighted by Gasteiger charge is -2.06. The Morgan fingerprint density at radius 2 is 2.42 bits per heavy atom. The fourth-order valence-corrected chi connectivity index (χ4v) is 0.887. The van der Waals surface area contributed by atoms with Crippen molar-refractivity contribution in [3.8, 4) is 0 Å². The number of ether oxygens (including phenoxy) is 1. The van der Waals surface area contributed by atoms with Gasteiger partial charge in [-0.1, -0.05) is 5.16 Å². The van der Waals surface area contributed by atoms with E-state index < -0.39 is 0 Å². The molecule has 0 bridgehead atoms. The SMILES string of the molecule is CC(=O)OC(C)c1cc(C)on1. The number of esters is 1. The van der Waals surface area contributed by atoms with Crippen molar-refractivity contribution in [3.63, 3.8) is 0 Å². The minimum Gasteiger partial charge on any atom is -0.456 e. The maximum absolute atomic E-state index is 10.6. The molecule has 1 aromatic heterocycles. The summed E-state index contributed by atoms with van der Waals surface area (Å²) in [6.45, 7) is 4.90. The minimum atomic E-state index is -0.333. The average molecular weight is 169 g/mol. The molecule has 12 heavy (non-hydrogen) atoms. The van der Waals surface area contributed by atoms with Gasteiger partial charge in [0, 0.05) is 13.0 Å². The van der Waals surface area contributed by atoms with Crippen LogP contribution in [0, 0.1) is 6.92 Å². The van der Waals surface area contributed by atoms with E-state index in [1.54, 1.807) is 19.9 Å². The van der Waals surface area contributed by atoms with E-state index in [1.807, 2.05) is 0 Å². The van der Waals surface area contributed by atoms with Gasteiger partial charge < -0.3 is 9.26 Å². The second-order valence-electron chi connectivity index (χ2n) is 2.61. The van der Waals surface area contributed by atoms with Crippen LogP contribution in [-0.2, 0) is 9.53 Å². The highest BCUT2D eigenvalue weighted by atomic mass is 16.5. The largest absolute Gasteiger partial charge is 0.456 e. The van der Waals surface area contributed by atoms with Crippen LogP contribution in [-0.4, -0.2) is 11.1 Å². The molecule has 0 saturated heterocycles. The summed E-state index contributed by atoms with van der Waals surface area (Å²) in [6.07, 6.45) is -0.333. The van der Waals surface area contributed by atoms with E-state index in [0.29, 0.717) is 11.5 Å². The van der Waals surface area contributed by atoms with Crippen LogP contribution in [0.5, 0.6) is 0 Å². The van der Waals surface area contributed by atoms with Crippen molar-refractivity contribution in [3.05, 3.63) is 17.5 Å². The molecular formula is C8H11NO3. The summed E-state index contributed by atoms with van der Waals surface area (Å²) in [6, 6.07) is 1.74. The van der Waals surface area contributed by atoms with Gasteiger partial charge in [0.2, 0.25) is 0 Å². The zero-order valence-electron chi connectivity index (χ0n) is 7.33. The Morgan fingerprint density at radius 1 is 1.75 bits per heavy atom. The van der Waals surface area contributed by atoms with Gasteiger partial charge in [-0.05, 0) is 13.8 Å². The molecule has 0 fully saturated rings. The third-order valence-corrected chi connectivity index (χ3v) is 1.41. The first-order chi connectivity index (χ1) is 5.59. The maximum Gasteiger partial charge on any atom is 0.303 e. The lowest BCUT2D eigenvalue weighted by molar-refractivity contribution is -0.146. The van der Waals surface area contributed by atoms with E-state index in [2.05, 4.69) is 5.16 Å². The summed E-state index contributed by atoms with van der Waals surface area (Å²) in [7, 11) is 0. The molecular weight excluding hydrogens is 158 g/mol. The molecule has 1 rings (SSSR count). The lowest BCUT2D eigenvalue weighted by Crippen LogP contribution is -2.04. The maximum atomic E-state index is 10.6. The Bertz CT molecular complexity index is 280. The number of aromatic nitrogens is 1. The summed E-state index contributed by atoms with van der Waals surface area (Å²) >= 11 is 0. The molecule has 0 spiro atoms. The predicted molar refractivity (Wildman–Crippen MR) is 41.4 cm³/mol. The minimum absolute atomic E-state index is 0.317. The Labute approximate surface area is 70.5 Å². The summed E-state index contributed by atoms with van der Waals surface area (Å²) in [5.74, 6) is 0.396. The van der Waals surface area contributed by atoms with Gasteiger partial charge in [0.05, 0.1) is 0 Å². The topological polar surface area (TPSA) is 52.3 Å². The van der Waals surface area contributed by atoms with Crippen molar-refractivity contribution in [2.45, 2.75) is 26.9 Å². The predicted octanol–water partition coefficient (Wildman–Crippen LogP) is 1.61. The van der Waals surface area contributed by atoms with Crippen molar-refractivity contribution >= 4 is 5.97 Å². The van der Waals surface area contributed by atoms with Gasteiger partial charge in [0.25, 0.3) is 0 Å². The molecule has 0 aliphatic heterocycles. The monoisotopic (exact) mass is 169 g/mol. The zero-order chi connectivity index (χ0) is 9.14. The molecule has 1 aromatic rings. The highest BCUT2D eigenvalue weighted by Crippen LogP contribution is 2.15. The summed E-state index contributed by atoms with van der Waals surface area (Å²) in [4.78, 5) is 10.6.